The van der Waals surface area contributed by atoms with E-state index >= 15 is 0 Å². The van der Waals surface area contributed by atoms with Crippen molar-refractivity contribution in [3.8, 4) is 0 Å². The average Bonchev–Trinajstić information content (AvgIpc) is 3.01. The number of aryl methyl sites for hydroxylation is 1. The molecule has 3 aromatic rings. The highest BCUT2D eigenvalue weighted by molar-refractivity contribution is 5.94. The van der Waals surface area contributed by atoms with E-state index in [-0.39, 0.29) is 5.56 Å². The van der Waals surface area contributed by atoms with E-state index in [1.807, 2.05) is 0 Å². The predicted molar refractivity (Wildman–Crippen MR) is 85.3 cm³/mol. The third kappa shape index (κ3) is 3.55. The molecule has 0 saturated heterocycles. The highest BCUT2D eigenvalue weighted by Gasteiger charge is 2.22. The zero-order valence-electron chi connectivity index (χ0n) is 13.2. The van der Waals surface area contributed by atoms with Crippen molar-refractivity contribution in [1.29, 1.82) is 0 Å². The van der Waals surface area contributed by atoms with Crippen LogP contribution in [0.3, 0.4) is 0 Å². The normalized spacial score (nSPS) is 12.0. The Labute approximate surface area is 141 Å². The molecule has 1 aromatic heterocycles. The smallest absolute Gasteiger partial charge is 0.252 e. The molecule has 25 heavy (non-hydrogen) atoms. The molecule has 2 aromatic carbocycles. The summed E-state index contributed by atoms with van der Waals surface area (Å²) < 4.78 is 41.5. The van der Waals surface area contributed by atoms with Gasteiger partial charge in [-0.2, -0.15) is 0 Å². The lowest BCUT2D eigenvalue weighted by Crippen LogP contribution is -2.31. The van der Waals surface area contributed by atoms with Crippen LogP contribution in [0.15, 0.2) is 54.9 Å². The van der Waals surface area contributed by atoms with Crippen LogP contribution in [0.25, 0.3) is 0 Å². The highest BCUT2D eigenvalue weighted by Crippen LogP contribution is 2.23. The molecule has 0 aliphatic heterocycles. The van der Waals surface area contributed by atoms with Gasteiger partial charge < -0.3 is 9.88 Å². The highest BCUT2D eigenvalue weighted by atomic mass is 19.2. The van der Waals surface area contributed by atoms with E-state index in [2.05, 4.69) is 10.3 Å². The number of hydrogen-bond acceptors (Lipinski definition) is 2. The number of hydrogen-bond donors (Lipinski definition) is 1. The van der Waals surface area contributed by atoms with Crippen LogP contribution in [0, 0.1) is 17.5 Å². The molecule has 1 heterocycles. The SMILES string of the molecule is Cn1ccnc1[C@@H](NC(=O)c1ccc(F)cc1)c1ccc(F)c(F)c1. The zero-order valence-corrected chi connectivity index (χ0v) is 13.2. The molecule has 0 radical (unpaired) electrons. The van der Waals surface area contributed by atoms with Gasteiger partial charge in [0.05, 0.1) is 0 Å². The van der Waals surface area contributed by atoms with Gasteiger partial charge in [0.2, 0.25) is 0 Å². The minimum atomic E-state index is -1.02. The number of benzene rings is 2. The minimum absolute atomic E-state index is 0.239. The lowest BCUT2D eigenvalue weighted by molar-refractivity contribution is 0.0941. The van der Waals surface area contributed by atoms with Crippen molar-refractivity contribution < 1.29 is 18.0 Å². The summed E-state index contributed by atoms with van der Waals surface area (Å²) in [5.74, 6) is -2.50. The van der Waals surface area contributed by atoms with E-state index in [0.717, 1.165) is 12.1 Å². The van der Waals surface area contributed by atoms with Crippen molar-refractivity contribution in [2.24, 2.45) is 7.05 Å². The first-order valence-electron chi connectivity index (χ1n) is 7.44. The first-order valence-corrected chi connectivity index (χ1v) is 7.44. The maximum atomic E-state index is 13.6. The predicted octanol–water partition coefficient (Wildman–Crippen LogP) is 3.36. The number of aromatic nitrogens is 2. The number of nitrogens with zero attached hydrogens (tertiary/aromatic N) is 2. The van der Waals surface area contributed by atoms with Crippen LogP contribution in [0.4, 0.5) is 13.2 Å². The first kappa shape index (κ1) is 16.8. The van der Waals surface area contributed by atoms with Crippen molar-refractivity contribution in [1.82, 2.24) is 14.9 Å². The summed E-state index contributed by atoms with van der Waals surface area (Å²) >= 11 is 0. The van der Waals surface area contributed by atoms with Crippen LogP contribution in [0.2, 0.25) is 0 Å². The fourth-order valence-electron chi connectivity index (χ4n) is 2.46. The molecule has 0 aliphatic rings. The second kappa shape index (κ2) is 6.80. The molecule has 7 heteroatoms. The van der Waals surface area contributed by atoms with E-state index < -0.39 is 29.4 Å². The molecular formula is C18H14F3N3O. The zero-order chi connectivity index (χ0) is 18.0. The van der Waals surface area contributed by atoms with Gasteiger partial charge in [0.1, 0.15) is 17.7 Å². The Morgan fingerprint density at radius 2 is 1.80 bits per heavy atom. The average molecular weight is 345 g/mol. The Morgan fingerprint density at radius 3 is 2.40 bits per heavy atom. The number of carbonyl (C=O) groups excluding carboxylic acids is 1. The van der Waals surface area contributed by atoms with E-state index in [1.165, 1.54) is 36.5 Å². The van der Waals surface area contributed by atoms with Gasteiger partial charge in [0.25, 0.3) is 5.91 Å². The monoisotopic (exact) mass is 345 g/mol. The second-order valence-corrected chi connectivity index (χ2v) is 5.48. The van der Waals surface area contributed by atoms with Gasteiger partial charge in [-0.15, -0.1) is 0 Å². The molecule has 1 N–H and O–H groups in total. The fraction of sp³-hybridized carbons (Fsp3) is 0.111. The van der Waals surface area contributed by atoms with Crippen LogP contribution in [0.5, 0.6) is 0 Å². The summed E-state index contributed by atoms with van der Waals surface area (Å²) in [5, 5.41) is 2.73. The van der Waals surface area contributed by atoms with Gasteiger partial charge in [-0.1, -0.05) is 6.07 Å². The third-order valence-corrected chi connectivity index (χ3v) is 3.78. The summed E-state index contributed by atoms with van der Waals surface area (Å²) in [5.41, 5.74) is 0.576. The second-order valence-electron chi connectivity index (χ2n) is 5.48. The molecule has 1 atom stereocenters. The van der Waals surface area contributed by atoms with Crippen molar-refractivity contribution in [2.45, 2.75) is 6.04 Å². The number of nitrogens with one attached hydrogen (secondary N) is 1. The van der Waals surface area contributed by atoms with Gasteiger partial charge in [0, 0.05) is 25.0 Å². The molecule has 3 rings (SSSR count). The lowest BCUT2D eigenvalue weighted by atomic mass is 10.0. The van der Waals surface area contributed by atoms with E-state index in [4.69, 9.17) is 0 Å². The number of carbonyl (C=O) groups is 1. The van der Waals surface area contributed by atoms with Crippen molar-refractivity contribution >= 4 is 5.91 Å². The van der Waals surface area contributed by atoms with Gasteiger partial charge in [-0.25, -0.2) is 18.2 Å². The fourth-order valence-corrected chi connectivity index (χ4v) is 2.46. The van der Waals surface area contributed by atoms with Gasteiger partial charge >= 0.3 is 0 Å². The van der Waals surface area contributed by atoms with Crippen molar-refractivity contribution in [3.05, 3.63) is 89.3 Å². The molecule has 0 aliphatic carbocycles. The Hall–Kier alpha value is -3.09. The Balaban J connectivity index is 1.97. The van der Waals surface area contributed by atoms with Crippen LogP contribution < -0.4 is 5.32 Å². The number of imidazole rings is 1. The molecule has 4 nitrogen and oxygen atoms in total. The molecule has 0 unspecified atom stereocenters. The van der Waals surface area contributed by atoms with E-state index in [0.29, 0.717) is 11.4 Å². The summed E-state index contributed by atoms with van der Waals surface area (Å²) in [6.45, 7) is 0. The Kier molecular flexibility index (Phi) is 4.56. The van der Waals surface area contributed by atoms with Crippen LogP contribution >= 0.6 is 0 Å². The molecule has 0 saturated carbocycles. The third-order valence-electron chi connectivity index (χ3n) is 3.78. The molecule has 0 spiro atoms. The maximum Gasteiger partial charge on any atom is 0.252 e. The van der Waals surface area contributed by atoms with E-state index in [1.54, 1.807) is 17.8 Å². The topological polar surface area (TPSA) is 46.9 Å². The van der Waals surface area contributed by atoms with Crippen LogP contribution in [-0.4, -0.2) is 15.5 Å². The van der Waals surface area contributed by atoms with Crippen LogP contribution in [-0.2, 0) is 7.05 Å². The summed E-state index contributed by atoms with van der Waals surface area (Å²) in [7, 11) is 1.72. The van der Waals surface area contributed by atoms with Crippen LogP contribution in [0.1, 0.15) is 27.8 Å². The summed E-state index contributed by atoms with van der Waals surface area (Å²) in [6, 6.07) is 7.60. The first-order chi connectivity index (χ1) is 12.0. The van der Waals surface area contributed by atoms with Gasteiger partial charge in [-0.3, -0.25) is 4.79 Å². The Morgan fingerprint density at radius 1 is 1.08 bits per heavy atom. The molecule has 1 amide bonds. The Bertz CT molecular complexity index is 906. The minimum Gasteiger partial charge on any atom is -0.338 e. The molecule has 0 fully saturated rings. The number of rotatable bonds is 4. The maximum absolute atomic E-state index is 13.6. The number of halogens is 3. The van der Waals surface area contributed by atoms with Gasteiger partial charge in [0.15, 0.2) is 11.6 Å². The van der Waals surface area contributed by atoms with Crippen molar-refractivity contribution in [3.63, 3.8) is 0 Å². The van der Waals surface area contributed by atoms with Gasteiger partial charge in [-0.05, 0) is 42.0 Å². The number of amides is 1. The molecule has 128 valence electrons. The van der Waals surface area contributed by atoms with E-state index in [9.17, 15) is 18.0 Å². The summed E-state index contributed by atoms with van der Waals surface area (Å²) in [6.07, 6.45) is 3.21. The van der Waals surface area contributed by atoms with Crippen molar-refractivity contribution in [2.75, 3.05) is 0 Å². The molecular weight excluding hydrogens is 331 g/mol. The quantitative estimate of drug-likeness (QED) is 0.788. The molecule has 0 bridgehead atoms. The standard InChI is InChI=1S/C18H14F3N3O/c1-24-9-8-22-17(24)16(12-4-7-14(20)15(21)10-12)23-18(25)11-2-5-13(19)6-3-11/h2-10,16H,1H3,(H,23,25)/t16-/m0/s1. The lowest BCUT2D eigenvalue weighted by Gasteiger charge is -2.19. The summed E-state index contributed by atoms with van der Waals surface area (Å²) in [4.78, 5) is 16.6. The largest absolute Gasteiger partial charge is 0.338 e.